The molecular formula is C25H26ClN3S. The average molecular weight is 436 g/mol. The van der Waals surface area contributed by atoms with Crippen LogP contribution in [0.3, 0.4) is 0 Å². The lowest BCUT2D eigenvalue weighted by molar-refractivity contribution is 0.630. The fourth-order valence-electron chi connectivity index (χ4n) is 3.36. The maximum absolute atomic E-state index is 4.88. The summed E-state index contributed by atoms with van der Waals surface area (Å²) in [6, 6.07) is 16.7. The second-order valence-corrected chi connectivity index (χ2v) is 9.49. The Hall–Kier alpha value is -2.74. The third kappa shape index (κ3) is 4.87. The van der Waals surface area contributed by atoms with Gasteiger partial charge in [0, 0.05) is 17.3 Å². The molecule has 5 heteroatoms. The zero-order chi connectivity index (χ0) is 20.6. The van der Waals surface area contributed by atoms with Crippen LogP contribution in [-0.4, -0.2) is 14.9 Å². The lowest BCUT2D eigenvalue weighted by Gasteiger charge is -2.22. The van der Waals surface area contributed by atoms with E-state index in [4.69, 9.17) is 4.98 Å². The van der Waals surface area contributed by atoms with E-state index in [9.17, 15) is 0 Å². The number of imidazole rings is 1. The molecule has 0 atom stereocenters. The van der Waals surface area contributed by atoms with Crippen LogP contribution in [0.25, 0.3) is 16.2 Å². The van der Waals surface area contributed by atoms with E-state index in [0.717, 1.165) is 32.5 Å². The number of aryl methyl sites for hydroxylation is 2. The summed E-state index contributed by atoms with van der Waals surface area (Å²) in [5, 5.41) is 3.62. The van der Waals surface area contributed by atoms with Gasteiger partial charge in [0.2, 0.25) is 0 Å². The molecule has 0 spiro atoms. The first-order valence-electron chi connectivity index (χ1n) is 9.74. The molecular weight excluding hydrogens is 410 g/mol. The first-order valence-corrected chi connectivity index (χ1v) is 10.6. The van der Waals surface area contributed by atoms with Crippen molar-refractivity contribution in [2.45, 2.75) is 40.2 Å². The number of nitrogens with one attached hydrogen (secondary N) is 1. The largest absolute Gasteiger partial charge is 0.365 e. The Balaban J connectivity index is 0.00000256. The topological polar surface area (TPSA) is 29.3 Å². The summed E-state index contributed by atoms with van der Waals surface area (Å²) in [4.78, 5) is 7.04. The quantitative estimate of drug-likeness (QED) is 0.354. The van der Waals surface area contributed by atoms with Gasteiger partial charge in [-0.3, -0.25) is 4.40 Å². The van der Waals surface area contributed by atoms with Crippen LogP contribution >= 0.6 is 23.7 Å². The summed E-state index contributed by atoms with van der Waals surface area (Å²) in [5.41, 5.74) is 5.37. The fourth-order valence-corrected chi connectivity index (χ4v) is 4.21. The zero-order valence-corrected chi connectivity index (χ0v) is 19.5. The highest BCUT2D eigenvalue weighted by molar-refractivity contribution is 7.16. The number of pyridine rings is 1. The van der Waals surface area contributed by atoms with Crippen LogP contribution in [0.1, 0.15) is 42.3 Å². The van der Waals surface area contributed by atoms with Crippen LogP contribution < -0.4 is 5.32 Å². The van der Waals surface area contributed by atoms with Crippen molar-refractivity contribution in [2.24, 2.45) is 0 Å². The SMILES string of the molecule is Cc1cc(C)cc(C#Cc2ccc(-c3nc4ccccn4c3NC(C)(C)C)s2)c1.Cl. The molecule has 154 valence electrons. The number of fused-ring (bicyclic) bond motifs is 1. The van der Waals surface area contributed by atoms with Gasteiger partial charge in [0.05, 0.1) is 9.75 Å². The number of thiophene rings is 1. The smallest absolute Gasteiger partial charge is 0.140 e. The minimum atomic E-state index is -0.0660. The monoisotopic (exact) mass is 435 g/mol. The van der Waals surface area contributed by atoms with Gasteiger partial charge in [0.1, 0.15) is 17.2 Å². The van der Waals surface area contributed by atoms with Gasteiger partial charge >= 0.3 is 0 Å². The van der Waals surface area contributed by atoms with Gasteiger partial charge in [0.15, 0.2) is 0 Å². The van der Waals surface area contributed by atoms with Crippen LogP contribution in [0.2, 0.25) is 0 Å². The highest BCUT2D eigenvalue weighted by Gasteiger charge is 2.20. The summed E-state index contributed by atoms with van der Waals surface area (Å²) < 4.78 is 2.11. The minimum absolute atomic E-state index is 0. The number of benzene rings is 1. The number of halogens is 1. The van der Waals surface area contributed by atoms with Crippen molar-refractivity contribution in [1.29, 1.82) is 0 Å². The number of hydrogen-bond acceptors (Lipinski definition) is 3. The van der Waals surface area contributed by atoms with Crippen LogP contribution in [-0.2, 0) is 0 Å². The molecule has 0 radical (unpaired) electrons. The van der Waals surface area contributed by atoms with Crippen molar-refractivity contribution < 1.29 is 0 Å². The van der Waals surface area contributed by atoms with Gasteiger partial charge in [-0.15, -0.1) is 23.7 Å². The lowest BCUT2D eigenvalue weighted by Crippen LogP contribution is -2.27. The maximum Gasteiger partial charge on any atom is 0.140 e. The molecule has 30 heavy (non-hydrogen) atoms. The predicted molar refractivity (Wildman–Crippen MR) is 131 cm³/mol. The first-order chi connectivity index (χ1) is 13.8. The van der Waals surface area contributed by atoms with Gasteiger partial charge < -0.3 is 5.32 Å². The van der Waals surface area contributed by atoms with Crippen LogP contribution in [0.4, 0.5) is 5.82 Å². The molecule has 0 bridgehead atoms. The second kappa shape index (κ2) is 8.55. The number of rotatable bonds is 2. The van der Waals surface area contributed by atoms with E-state index in [1.54, 1.807) is 11.3 Å². The Labute approximate surface area is 188 Å². The molecule has 0 aliphatic heterocycles. The lowest BCUT2D eigenvalue weighted by atomic mass is 10.1. The Bertz CT molecular complexity index is 1230. The number of nitrogens with zero attached hydrogens (tertiary/aromatic N) is 2. The number of aromatic nitrogens is 2. The van der Waals surface area contributed by atoms with E-state index >= 15 is 0 Å². The zero-order valence-electron chi connectivity index (χ0n) is 17.9. The van der Waals surface area contributed by atoms with Crippen LogP contribution in [0, 0.1) is 25.7 Å². The molecule has 0 aliphatic rings. The molecule has 4 aromatic rings. The Morgan fingerprint density at radius 1 is 0.967 bits per heavy atom. The Morgan fingerprint density at radius 3 is 2.40 bits per heavy atom. The third-order valence-corrected chi connectivity index (χ3v) is 5.42. The summed E-state index contributed by atoms with van der Waals surface area (Å²) in [5.74, 6) is 7.64. The molecule has 0 saturated heterocycles. The summed E-state index contributed by atoms with van der Waals surface area (Å²) >= 11 is 1.68. The molecule has 0 unspecified atom stereocenters. The van der Waals surface area contributed by atoms with Gasteiger partial charge in [-0.25, -0.2) is 4.98 Å². The molecule has 1 N–H and O–H groups in total. The molecule has 0 aliphatic carbocycles. The molecule has 3 heterocycles. The highest BCUT2D eigenvalue weighted by Crippen LogP contribution is 2.35. The third-order valence-electron chi connectivity index (χ3n) is 4.41. The van der Waals surface area contributed by atoms with E-state index in [0.29, 0.717) is 0 Å². The highest BCUT2D eigenvalue weighted by atomic mass is 35.5. The fraction of sp³-hybridized carbons (Fsp3) is 0.240. The predicted octanol–water partition coefficient (Wildman–Crippen LogP) is 6.71. The van der Waals surface area contributed by atoms with E-state index in [1.807, 2.05) is 24.4 Å². The average Bonchev–Trinajstić information content (AvgIpc) is 3.23. The van der Waals surface area contributed by atoms with Gasteiger partial charge in [-0.2, -0.15) is 0 Å². The summed E-state index contributed by atoms with van der Waals surface area (Å²) in [6.45, 7) is 10.7. The van der Waals surface area contributed by atoms with E-state index in [2.05, 4.69) is 86.5 Å². The van der Waals surface area contributed by atoms with Crippen molar-refractivity contribution in [3.63, 3.8) is 0 Å². The van der Waals surface area contributed by atoms with E-state index in [-0.39, 0.29) is 17.9 Å². The van der Waals surface area contributed by atoms with E-state index in [1.165, 1.54) is 11.1 Å². The molecule has 1 aromatic carbocycles. The molecule has 3 aromatic heterocycles. The van der Waals surface area contributed by atoms with Crippen molar-refractivity contribution in [3.05, 3.63) is 76.3 Å². The van der Waals surface area contributed by atoms with Crippen molar-refractivity contribution >= 4 is 35.2 Å². The molecule has 3 nitrogen and oxygen atoms in total. The van der Waals surface area contributed by atoms with Crippen molar-refractivity contribution in [3.8, 4) is 22.4 Å². The van der Waals surface area contributed by atoms with Gasteiger partial charge in [0.25, 0.3) is 0 Å². The minimum Gasteiger partial charge on any atom is -0.365 e. The summed E-state index contributed by atoms with van der Waals surface area (Å²) in [7, 11) is 0. The Morgan fingerprint density at radius 2 is 1.70 bits per heavy atom. The van der Waals surface area contributed by atoms with Crippen LogP contribution in [0.15, 0.2) is 54.7 Å². The molecule has 0 saturated carbocycles. The maximum atomic E-state index is 4.88. The van der Waals surface area contributed by atoms with E-state index < -0.39 is 0 Å². The summed E-state index contributed by atoms with van der Waals surface area (Å²) in [6.07, 6.45) is 2.05. The first kappa shape index (κ1) is 22.0. The van der Waals surface area contributed by atoms with Gasteiger partial charge in [-0.05, 0) is 82.1 Å². The van der Waals surface area contributed by atoms with Crippen LogP contribution in [0.5, 0.6) is 0 Å². The number of hydrogen-bond donors (Lipinski definition) is 1. The number of anilines is 1. The molecule has 0 amide bonds. The van der Waals surface area contributed by atoms with Gasteiger partial charge in [-0.1, -0.05) is 24.0 Å². The van der Waals surface area contributed by atoms with Crippen molar-refractivity contribution in [2.75, 3.05) is 5.32 Å². The molecule has 4 rings (SSSR count). The normalized spacial score (nSPS) is 11.0. The molecule has 0 fully saturated rings. The second-order valence-electron chi connectivity index (χ2n) is 8.40. The Kier molecular flexibility index (Phi) is 6.26. The standard InChI is InChI=1S/C25H25N3S.ClH/c1-17-14-18(2)16-19(15-17)9-10-20-11-12-21(29-20)23-24(27-25(3,4)5)28-13-7-6-8-22(28)26-23;/h6-8,11-16,27H,1-5H3;1H. The van der Waals surface area contributed by atoms with Crippen molar-refractivity contribution in [1.82, 2.24) is 9.38 Å².